The number of hydrogen-bond acceptors (Lipinski definition) is 5. The monoisotopic (exact) mass is 442 g/mol. The molecule has 0 spiro atoms. The van der Waals surface area contributed by atoms with Crippen LogP contribution in [-0.4, -0.2) is 31.5 Å². The minimum atomic E-state index is -0.0659. The number of nitrogens with zero attached hydrogens (tertiary/aromatic N) is 4. The Kier molecular flexibility index (Phi) is 5.64. The molecule has 0 radical (unpaired) electrons. The van der Waals surface area contributed by atoms with Gasteiger partial charge in [-0.1, -0.05) is 72.4 Å². The molecule has 3 aromatic carbocycles. The van der Waals surface area contributed by atoms with E-state index in [9.17, 15) is 4.79 Å². The fraction of sp³-hybridized carbons (Fsp3) is 0.160. The third kappa shape index (κ3) is 3.87. The van der Waals surface area contributed by atoms with Crippen LogP contribution in [0.25, 0.3) is 16.7 Å². The summed E-state index contributed by atoms with van der Waals surface area (Å²) >= 11 is 1.57. The number of rotatable bonds is 7. The number of aryl methyl sites for hydroxylation is 1. The van der Waals surface area contributed by atoms with Crippen molar-refractivity contribution >= 4 is 28.4 Å². The Hall–Kier alpha value is -3.58. The van der Waals surface area contributed by atoms with E-state index in [2.05, 4.69) is 10.2 Å². The Labute approximate surface area is 189 Å². The minimum absolute atomic E-state index is 0.0659. The Morgan fingerprint density at radius 1 is 0.906 bits per heavy atom. The van der Waals surface area contributed by atoms with Crippen LogP contribution in [0.1, 0.15) is 11.1 Å². The van der Waals surface area contributed by atoms with Crippen LogP contribution in [0.2, 0.25) is 0 Å². The molecule has 0 saturated heterocycles. The minimum Gasteiger partial charge on any atom is -0.492 e. The van der Waals surface area contributed by atoms with Gasteiger partial charge in [0.2, 0.25) is 5.78 Å². The maximum atomic E-state index is 13.3. The average Bonchev–Trinajstić information content (AvgIpc) is 3.25. The number of fused-ring (bicyclic) bond motifs is 3. The lowest BCUT2D eigenvalue weighted by molar-refractivity contribution is 0.341. The zero-order chi connectivity index (χ0) is 21.9. The van der Waals surface area contributed by atoms with Crippen LogP contribution >= 0.6 is 11.8 Å². The number of para-hydroxylation sites is 2. The second-order valence-electron chi connectivity index (χ2n) is 7.47. The molecule has 7 heteroatoms. The largest absolute Gasteiger partial charge is 0.492 e. The van der Waals surface area contributed by atoms with Crippen LogP contribution in [0.4, 0.5) is 0 Å². The molecule has 0 atom stereocenters. The van der Waals surface area contributed by atoms with Crippen molar-refractivity contribution in [2.75, 3.05) is 12.4 Å². The Balaban J connectivity index is 1.48. The first-order valence-electron chi connectivity index (χ1n) is 10.4. The van der Waals surface area contributed by atoms with Crippen molar-refractivity contribution in [3.63, 3.8) is 0 Å². The Morgan fingerprint density at radius 3 is 2.50 bits per heavy atom. The maximum absolute atomic E-state index is 13.3. The van der Waals surface area contributed by atoms with Gasteiger partial charge in [-0.3, -0.25) is 13.8 Å². The second-order valence-corrected chi connectivity index (χ2v) is 8.54. The SMILES string of the molecule is Cc1ccccc1OCCSc1nnc2n(Cc3ccccc3)c(=O)c3ccccc3n12. The van der Waals surface area contributed by atoms with E-state index in [1.54, 1.807) is 16.3 Å². The predicted octanol–water partition coefficient (Wildman–Crippen LogP) is 4.57. The van der Waals surface area contributed by atoms with Gasteiger partial charge in [-0.25, -0.2) is 0 Å². The average molecular weight is 443 g/mol. The molecule has 0 saturated carbocycles. The molecular weight excluding hydrogens is 420 g/mol. The second kappa shape index (κ2) is 8.88. The topological polar surface area (TPSA) is 61.4 Å². The fourth-order valence-corrected chi connectivity index (χ4v) is 4.50. The zero-order valence-corrected chi connectivity index (χ0v) is 18.5. The summed E-state index contributed by atoms with van der Waals surface area (Å²) in [7, 11) is 0. The van der Waals surface area contributed by atoms with Crippen molar-refractivity contribution in [2.24, 2.45) is 0 Å². The molecular formula is C25H22N4O2S. The van der Waals surface area contributed by atoms with Crippen molar-refractivity contribution in [1.82, 2.24) is 19.2 Å². The third-order valence-corrected chi connectivity index (χ3v) is 6.22. The van der Waals surface area contributed by atoms with E-state index in [4.69, 9.17) is 4.74 Å². The zero-order valence-electron chi connectivity index (χ0n) is 17.6. The third-order valence-electron chi connectivity index (χ3n) is 5.33. The molecule has 5 rings (SSSR count). The molecule has 0 aliphatic carbocycles. The summed E-state index contributed by atoms with van der Waals surface area (Å²) in [5.74, 6) is 2.14. The molecule has 2 aromatic heterocycles. The molecule has 160 valence electrons. The highest BCUT2D eigenvalue weighted by molar-refractivity contribution is 7.99. The van der Waals surface area contributed by atoms with Gasteiger partial charge in [-0.2, -0.15) is 0 Å². The number of ether oxygens (including phenoxy) is 1. The number of thioether (sulfide) groups is 1. The Bertz CT molecular complexity index is 1440. The van der Waals surface area contributed by atoms with E-state index in [0.29, 0.717) is 30.1 Å². The van der Waals surface area contributed by atoms with Gasteiger partial charge in [0.05, 0.1) is 24.1 Å². The summed E-state index contributed by atoms with van der Waals surface area (Å²) in [5, 5.41) is 10.2. The van der Waals surface area contributed by atoms with Gasteiger partial charge in [0.1, 0.15) is 5.75 Å². The number of aromatic nitrogens is 4. The molecule has 0 fully saturated rings. The van der Waals surface area contributed by atoms with E-state index in [0.717, 1.165) is 27.5 Å². The molecule has 6 nitrogen and oxygen atoms in total. The van der Waals surface area contributed by atoms with Gasteiger partial charge in [0.15, 0.2) is 5.16 Å². The summed E-state index contributed by atoms with van der Waals surface area (Å²) < 4.78 is 9.59. The maximum Gasteiger partial charge on any atom is 0.263 e. The van der Waals surface area contributed by atoms with Crippen LogP contribution < -0.4 is 10.3 Å². The van der Waals surface area contributed by atoms with Gasteiger partial charge in [-0.15, -0.1) is 10.2 Å². The fourth-order valence-electron chi connectivity index (χ4n) is 3.74. The molecule has 32 heavy (non-hydrogen) atoms. The molecule has 0 aliphatic heterocycles. The smallest absolute Gasteiger partial charge is 0.263 e. The first kappa shape index (κ1) is 20.3. The van der Waals surface area contributed by atoms with Gasteiger partial charge in [0, 0.05) is 5.75 Å². The summed E-state index contributed by atoms with van der Waals surface area (Å²) in [6.45, 7) is 3.02. The van der Waals surface area contributed by atoms with Crippen molar-refractivity contribution in [2.45, 2.75) is 18.6 Å². The van der Waals surface area contributed by atoms with Gasteiger partial charge in [-0.05, 0) is 36.2 Å². The van der Waals surface area contributed by atoms with E-state index in [1.807, 2.05) is 90.2 Å². The molecule has 0 bridgehead atoms. The van der Waals surface area contributed by atoms with Gasteiger partial charge < -0.3 is 4.74 Å². The predicted molar refractivity (Wildman–Crippen MR) is 128 cm³/mol. The van der Waals surface area contributed by atoms with Crippen molar-refractivity contribution in [3.8, 4) is 5.75 Å². The first-order valence-corrected chi connectivity index (χ1v) is 11.4. The van der Waals surface area contributed by atoms with E-state index in [-0.39, 0.29) is 5.56 Å². The van der Waals surface area contributed by atoms with Crippen LogP contribution in [0, 0.1) is 6.92 Å². The molecule has 0 N–H and O–H groups in total. The lowest BCUT2D eigenvalue weighted by Crippen LogP contribution is -2.24. The van der Waals surface area contributed by atoms with Gasteiger partial charge in [0.25, 0.3) is 5.56 Å². The van der Waals surface area contributed by atoms with Crippen molar-refractivity contribution < 1.29 is 4.74 Å². The van der Waals surface area contributed by atoms with Crippen LogP contribution in [-0.2, 0) is 6.54 Å². The highest BCUT2D eigenvalue weighted by Crippen LogP contribution is 2.23. The number of hydrogen-bond donors (Lipinski definition) is 0. The van der Waals surface area contributed by atoms with E-state index in [1.165, 1.54) is 0 Å². The highest BCUT2D eigenvalue weighted by atomic mass is 32.2. The summed E-state index contributed by atoms with van der Waals surface area (Å²) in [6, 6.07) is 25.5. The van der Waals surface area contributed by atoms with Crippen molar-refractivity contribution in [3.05, 3.63) is 100 Å². The summed E-state index contributed by atoms with van der Waals surface area (Å²) in [4.78, 5) is 13.3. The molecule has 5 aromatic rings. The van der Waals surface area contributed by atoms with Crippen LogP contribution in [0.3, 0.4) is 0 Å². The van der Waals surface area contributed by atoms with Crippen LogP contribution in [0.5, 0.6) is 5.75 Å². The Morgan fingerprint density at radius 2 is 1.66 bits per heavy atom. The standard InChI is InChI=1S/C25H22N4O2S/c1-18-9-5-8-14-22(18)31-15-16-32-25-27-26-24-28(17-19-10-3-2-4-11-19)23(30)20-12-6-7-13-21(20)29(24)25/h2-14H,15-17H2,1H3. The highest BCUT2D eigenvalue weighted by Gasteiger charge is 2.17. The quantitative estimate of drug-likeness (QED) is 0.273. The molecule has 0 amide bonds. The normalized spacial score (nSPS) is 11.3. The lowest BCUT2D eigenvalue weighted by atomic mass is 10.2. The van der Waals surface area contributed by atoms with E-state index >= 15 is 0 Å². The van der Waals surface area contributed by atoms with Crippen LogP contribution in [0.15, 0.2) is 88.8 Å². The van der Waals surface area contributed by atoms with Crippen molar-refractivity contribution in [1.29, 1.82) is 0 Å². The summed E-state index contributed by atoms with van der Waals surface area (Å²) in [5.41, 5.74) is 2.89. The lowest BCUT2D eigenvalue weighted by Gasteiger charge is -2.11. The molecule has 2 heterocycles. The first-order chi connectivity index (χ1) is 15.7. The molecule has 0 aliphatic rings. The molecule has 0 unspecified atom stereocenters. The summed E-state index contributed by atoms with van der Waals surface area (Å²) in [6.07, 6.45) is 0. The van der Waals surface area contributed by atoms with E-state index < -0.39 is 0 Å². The van der Waals surface area contributed by atoms with Gasteiger partial charge >= 0.3 is 0 Å². The number of benzene rings is 3.